The maximum Gasteiger partial charge on any atom is 0.148 e. The van der Waals surface area contributed by atoms with Gasteiger partial charge < -0.3 is 10.1 Å². The Balaban J connectivity index is 2.14. The second kappa shape index (κ2) is 6.39. The second-order valence-corrected chi connectivity index (χ2v) is 4.52. The van der Waals surface area contributed by atoms with Gasteiger partial charge in [-0.2, -0.15) is 0 Å². The summed E-state index contributed by atoms with van der Waals surface area (Å²) in [5.74, 6) is 0.321. The number of nitrogens with zero attached hydrogens (tertiary/aromatic N) is 1. The molecule has 0 bridgehead atoms. The molecule has 20 heavy (non-hydrogen) atoms. The zero-order chi connectivity index (χ0) is 14.5. The number of pyridine rings is 1. The lowest BCUT2D eigenvalue weighted by Crippen LogP contribution is -2.31. The van der Waals surface area contributed by atoms with Crippen LogP contribution in [0.4, 0.5) is 4.39 Å². The topological polar surface area (TPSA) is 34.2 Å². The lowest BCUT2D eigenvalue weighted by atomic mass is 10.2. The summed E-state index contributed by atoms with van der Waals surface area (Å²) >= 11 is 5.92. The molecule has 0 saturated heterocycles. The van der Waals surface area contributed by atoms with E-state index in [0.717, 1.165) is 17.5 Å². The van der Waals surface area contributed by atoms with Crippen LogP contribution >= 0.6 is 11.6 Å². The maximum absolute atomic E-state index is 13.3. The van der Waals surface area contributed by atoms with Gasteiger partial charge in [0.05, 0.1) is 13.3 Å². The van der Waals surface area contributed by atoms with Crippen LogP contribution in [-0.4, -0.2) is 12.1 Å². The van der Waals surface area contributed by atoms with E-state index in [-0.39, 0.29) is 10.4 Å². The van der Waals surface area contributed by atoms with Crippen LogP contribution in [0.1, 0.15) is 5.56 Å². The quantitative estimate of drug-likeness (QED) is 0.873. The Morgan fingerprint density at radius 2 is 2.10 bits per heavy atom. The van der Waals surface area contributed by atoms with Crippen LogP contribution in [-0.2, 0) is 6.54 Å². The molecule has 1 N–H and O–H groups in total. The van der Waals surface area contributed by atoms with Gasteiger partial charge in [0.15, 0.2) is 0 Å². The fraction of sp³-hybridized carbons (Fsp3) is 0.133. The van der Waals surface area contributed by atoms with Gasteiger partial charge in [-0.05, 0) is 17.7 Å². The molecule has 2 rings (SSSR count). The first-order valence-corrected chi connectivity index (χ1v) is 6.35. The first-order chi connectivity index (χ1) is 9.61. The van der Waals surface area contributed by atoms with Crippen molar-refractivity contribution in [2.75, 3.05) is 7.11 Å². The maximum atomic E-state index is 13.3. The predicted molar refractivity (Wildman–Crippen MR) is 78.3 cm³/mol. The van der Waals surface area contributed by atoms with Gasteiger partial charge in [0.1, 0.15) is 16.7 Å². The van der Waals surface area contributed by atoms with Crippen molar-refractivity contribution in [1.29, 1.82) is 0 Å². The van der Waals surface area contributed by atoms with E-state index in [1.807, 2.05) is 24.3 Å². The Morgan fingerprint density at radius 1 is 1.40 bits per heavy atom. The van der Waals surface area contributed by atoms with E-state index in [2.05, 4.69) is 16.9 Å². The Labute approximate surface area is 121 Å². The van der Waals surface area contributed by atoms with Crippen LogP contribution < -0.4 is 20.5 Å². The summed E-state index contributed by atoms with van der Waals surface area (Å²) < 4.78 is 18.4. The van der Waals surface area contributed by atoms with Crippen LogP contribution in [0.3, 0.4) is 0 Å². The minimum Gasteiger partial charge on any atom is -0.497 e. The van der Waals surface area contributed by atoms with Crippen LogP contribution in [0.2, 0.25) is 5.15 Å². The van der Waals surface area contributed by atoms with Crippen molar-refractivity contribution in [1.82, 2.24) is 10.3 Å². The smallest absolute Gasteiger partial charge is 0.148 e. The van der Waals surface area contributed by atoms with Gasteiger partial charge in [0.2, 0.25) is 0 Å². The molecule has 0 fully saturated rings. The molecule has 0 aliphatic carbocycles. The number of halogens is 2. The monoisotopic (exact) mass is 292 g/mol. The third kappa shape index (κ3) is 3.27. The Hall–Kier alpha value is -2.07. The predicted octanol–water partition coefficient (Wildman–Crippen LogP) is 1.82. The average Bonchev–Trinajstić information content (AvgIpc) is 2.47. The first-order valence-electron chi connectivity index (χ1n) is 5.97. The molecule has 0 aliphatic heterocycles. The van der Waals surface area contributed by atoms with E-state index < -0.39 is 5.82 Å². The van der Waals surface area contributed by atoms with E-state index >= 15 is 0 Å². The largest absolute Gasteiger partial charge is 0.497 e. The molecule has 0 amide bonds. The van der Waals surface area contributed by atoms with Crippen molar-refractivity contribution < 1.29 is 9.13 Å². The number of methoxy groups -OCH3 is 1. The van der Waals surface area contributed by atoms with Crippen LogP contribution in [0.25, 0.3) is 12.8 Å². The van der Waals surface area contributed by atoms with Gasteiger partial charge in [-0.15, -0.1) is 0 Å². The normalized spacial score (nSPS) is 11.4. The summed E-state index contributed by atoms with van der Waals surface area (Å²) in [5.41, 5.74) is 1.06. The number of aromatic nitrogens is 1. The summed E-state index contributed by atoms with van der Waals surface area (Å²) in [6.45, 7) is 4.22. The lowest BCUT2D eigenvalue weighted by molar-refractivity contribution is 0.414. The highest BCUT2D eigenvalue weighted by Gasteiger charge is 1.99. The van der Waals surface area contributed by atoms with E-state index in [1.165, 1.54) is 0 Å². The molecule has 0 atom stereocenters. The second-order valence-electron chi connectivity index (χ2n) is 4.16. The van der Waals surface area contributed by atoms with Gasteiger partial charge in [-0.25, -0.2) is 9.37 Å². The molecule has 0 radical (unpaired) electrons. The van der Waals surface area contributed by atoms with Crippen molar-refractivity contribution in [3.8, 4) is 5.75 Å². The molecule has 0 saturated carbocycles. The van der Waals surface area contributed by atoms with E-state index in [0.29, 0.717) is 11.8 Å². The number of hydrogen-bond acceptors (Lipinski definition) is 3. The van der Waals surface area contributed by atoms with Gasteiger partial charge >= 0.3 is 0 Å². The number of benzene rings is 1. The fourth-order valence-corrected chi connectivity index (χ4v) is 1.89. The third-order valence-corrected chi connectivity index (χ3v) is 3.14. The summed E-state index contributed by atoms with van der Waals surface area (Å²) in [6.07, 6.45) is 2.68. The molecule has 0 unspecified atom stereocenters. The molecule has 5 heteroatoms. The summed E-state index contributed by atoms with van der Waals surface area (Å²) in [7, 11) is 1.62. The van der Waals surface area contributed by atoms with Gasteiger partial charge in [0, 0.05) is 23.2 Å². The van der Waals surface area contributed by atoms with Crippen LogP contribution in [0.15, 0.2) is 30.5 Å². The van der Waals surface area contributed by atoms with E-state index in [9.17, 15) is 4.39 Å². The number of hydrogen-bond donors (Lipinski definition) is 1. The molecule has 3 nitrogen and oxygen atoms in total. The zero-order valence-electron chi connectivity index (χ0n) is 11.0. The Morgan fingerprint density at radius 3 is 2.75 bits per heavy atom. The molecular formula is C15H14ClFN2O. The minimum atomic E-state index is -0.480. The highest BCUT2D eigenvalue weighted by molar-refractivity contribution is 6.29. The van der Waals surface area contributed by atoms with Crippen molar-refractivity contribution in [2.45, 2.75) is 6.54 Å². The van der Waals surface area contributed by atoms with Crippen molar-refractivity contribution in [3.63, 3.8) is 0 Å². The fourth-order valence-electron chi connectivity index (χ4n) is 1.67. The molecule has 2 aromatic rings. The van der Waals surface area contributed by atoms with Gasteiger partial charge in [-0.3, -0.25) is 0 Å². The Bertz CT molecular complexity index is 701. The van der Waals surface area contributed by atoms with Gasteiger partial charge in [0.25, 0.3) is 0 Å². The zero-order valence-corrected chi connectivity index (χ0v) is 11.7. The number of rotatable bonds is 4. The van der Waals surface area contributed by atoms with E-state index in [1.54, 1.807) is 13.3 Å². The van der Waals surface area contributed by atoms with Crippen LogP contribution in [0.5, 0.6) is 5.75 Å². The molecule has 0 spiro atoms. The number of nitrogens with one attached hydrogen (secondary N) is 1. The van der Waals surface area contributed by atoms with Crippen molar-refractivity contribution >= 4 is 24.4 Å². The minimum absolute atomic E-state index is 0.221. The summed E-state index contributed by atoms with van der Waals surface area (Å²) in [5, 5.41) is 3.98. The SMILES string of the molecule is C=c1c(F)cnc(Cl)/c1=C/NCc1ccc(OC)cc1. The molecular weight excluding hydrogens is 279 g/mol. The highest BCUT2D eigenvalue weighted by Crippen LogP contribution is 2.10. The Kier molecular flexibility index (Phi) is 4.58. The summed E-state index contributed by atoms with van der Waals surface area (Å²) in [4.78, 5) is 3.75. The molecule has 104 valence electrons. The first kappa shape index (κ1) is 14.3. The van der Waals surface area contributed by atoms with E-state index in [4.69, 9.17) is 16.3 Å². The highest BCUT2D eigenvalue weighted by atomic mass is 35.5. The van der Waals surface area contributed by atoms with Crippen LogP contribution in [0, 0.1) is 5.82 Å². The summed E-state index contributed by atoms with van der Waals surface area (Å²) in [6, 6.07) is 7.63. The average molecular weight is 293 g/mol. The van der Waals surface area contributed by atoms with Crippen molar-refractivity contribution in [3.05, 3.63) is 57.4 Å². The molecule has 1 aromatic heterocycles. The molecule has 1 heterocycles. The third-order valence-electron chi connectivity index (χ3n) is 2.84. The van der Waals surface area contributed by atoms with Crippen molar-refractivity contribution in [2.24, 2.45) is 0 Å². The van der Waals surface area contributed by atoms with Gasteiger partial charge in [-0.1, -0.05) is 30.3 Å². The lowest BCUT2D eigenvalue weighted by Gasteiger charge is -2.04. The number of ether oxygens (including phenoxy) is 1. The molecule has 0 aliphatic rings. The standard InChI is InChI=1S/C15H14ClFN2O/c1-10-13(15(16)19-9-14(10)17)8-18-7-11-3-5-12(20-2)6-4-11/h3-6,8-9,18H,1,7H2,2H3/b13-8+. The molecule has 1 aromatic carbocycles.